The molecule has 2 N–H and O–H groups in total. The van der Waals surface area contributed by atoms with Gasteiger partial charge >= 0.3 is 0 Å². The summed E-state index contributed by atoms with van der Waals surface area (Å²) >= 11 is 0. The normalized spacial score (nSPS) is 14.2. The number of rotatable bonds is 0. The second kappa shape index (κ2) is 4.61. The highest BCUT2D eigenvalue weighted by Crippen LogP contribution is 2.32. The largest absolute Gasteiger partial charge is 0.507 e. The summed E-state index contributed by atoms with van der Waals surface area (Å²) in [7, 11) is 0. The van der Waals surface area contributed by atoms with Crippen LogP contribution in [0.15, 0.2) is 30.3 Å². The van der Waals surface area contributed by atoms with Crippen LogP contribution in [0.2, 0.25) is 0 Å². The Balaban J connectivity index is 2.09. The lowest BCUT2D eigenvalue weighted by Gasteiger charge is -2.16. The van der Waals surface area contributed by atoms with Crippen LogP contribution in [-0.2, 0) is 25.7 Å². The lowest BCUT2D eigenvalue weighted by molar-refractivity contribution is 0.449. The quantitative estimate of drug-likeness (QED) is 0.757. The Morgan fingerprint density at radius 3 is 1.68 bits per heavy atom. The maximum Gasteiger partial charge on any atom is 0.121 e. The van der Waals surface area contributed by atoms with Gasteiger partial charge < -0.3 is 10.2 Å². The number of hydrogen-bond donors (Lipinski definition) is 2. The molecule has 0 fully saturated rings. The molecule has 0 amide bonds. The van der Waals surface area contributed by atoms with Gasteiger partial charge in [0.05, 0.1) is 0 Å². The van der Waals surface area contributed by atoms with Gasteiger partial charge in [0.25, 0.3) is 0 Å². The molecule has 19 heavy (non-hydrogen) atoms. The molecule has 0 spiro atoms. The summed E-state index contributed by atoms with van der Waals surface area (Å²) in [4.78, 5) is 0. The summed E-state index contributed by atoms with van der Waals surface area (Å²) in [5.74, 6) is 0.874. The molecule has 0 saturated carbocycles. The molecule has 0 aromatic heterocycles. The molecule has 2 aromatic carbocycles. The summed E-state index contributed by atoms with van der Waals surface area (Å²) in [6.45, 7) is 2.06. The van der Waals surface area contributed by atoms with Crippen LogP contribution in [0.5, 0.6) is 11.5 Å². The van der Waals surface area contributed by atoms with Gasteiger partial charge in [-0.1, -0.05) is 35.9 Å². The van der Waals surface area contributed by atoms with Gasteiger partial charge in [0.1, 0.15) is 11.5 Å². The standard InChI is InChI=1S/C17H18O2/c1-11-9-14-7-5-12-3-2-4-13(16(12)18)6-8-15(10-11)17(14)19/h2-4,9-10,18-19H,5-8H2,1H3. The van der Waals surface area contributed by atoms with Gasteiger partial charge in [-0.25, -0.2) is 0 Å². The highest BCUT2D eigenvalue weighted by molar-refractivity contribution is 5.47. The van der Waals surface area contributed by atoms with Crippen LogP contribution in [-0.4, -0.2) is 10.2 Å². The second-order valence-electron chi connectivity index (χ2n) is 5.36. The van der Waals surface area contributed by atoms with E-state index in [0.717, 1.165) is 47.9 Å². The molecule has 4 bridgehead atoms. The monoisotopic (exact) mass is 254 g/mol. The number of aryl methyl sites for hydroxylation is 5. The van der Waals surface area contributed by atoms with Gasteiger partial charge in [-0.3, -0.25) is 0 Å². The number of phenolic OH excluding ortho intramolecular Hbond substituents is 2. The Kier molecular flexibility index (Phi) is 2.94. The van der Waals surface area contributed by atoms with Crippen LogP contribution < -0.4 is 0 Å². The van der Waals surface area contributed by atoms with Crippen molar-refractivity contribution in [3.05, 3.63) is 58.1 Å². The van der Waals surface area contributed by atoms with E-state index in [0.29, 0.717) is 11.5 Å². The van der Waals surface area contributed by atoms with Gasteiger partial charge in [-0.2, -0.15) is 0 Å². The first-order valence-electron chi connectivity index (χ1n) is 6.76. The maximum atomic E-state index is 10.3. The number of aromatic hydroxyl groups is 2. The molecule has 0 heterocycles. The molecular formula is C17H18O2. The van der Waals surface area contributed by atoms with E-state index in [9.17, 15) is 10.2 Å². The van der Waals surface area contributed by atoms with Crippen LogP contribution in [0.4, 0.5) is 0 Å². The average Bonchev–Trinajstić information content (AvgIpc) is 2.39. The topological polar surface area (TPSA) is 40.5 Å². The first-order valence-corrected chi connectivity index (χ1v) is 6.76. The number of benzene rings is 2. The van der Waals surface area contributed by atoms with Crippen LogP contribution >= 0.6 is 0 Å². The van der Waals surface area contributed by atoms with E-state index in [1.54, 1.807) is 0 Å². The lowest BCUT2D eigenvalue weighted by atomic mass is 9.92. The smallest absolute Gasteiger partial charge is 0.121 e. The Bertz CT molecular complexity index is 582. The van der Waals surface area contributed by atoms with E-state index in [-0.39, 0.29) is 0 Å². The summed E-state index contributed by atoms with van der Waals surface area (Å²) in [5, 5.41) is 20.5. The molecule has 1 aliphatic carbocycles. The number of para-hydroxylation sites is 1. The Labute approximate surface area is 113 Å². The van der Waals surface area contributed by atoms with Gasteiger partial charge in [0.15, 0.2) is 0 Å². The second-order valence-corrected chi connectivity index (χ2v) is 5.36. The van der Waals surface area contributed by atoms with Crippen molar-refractivity contribution in [3.8, 4) is 11.5 Å². The van der Waals surface area contributed by atoms with Crippen LogP contribution in [0.25, 0.3) is 0 Å². The number of phenols is 2. The van der Waals surface area contributed by atoms with E-state index >= 15 is 0 Å². The zero-order valence-corrected chi connectivity index (χ0v) is 11.1. The summed E-state index contributed by atoms with van der Waals surface area (Å²) in [6.07, 6.45) is 3.04. The third-order valence-electron chi connectivity index (χ3n) is 3.94. The van der Waals surface area contributed by atoms with E-state index in [2.05, 4.69) is 6.92 Å². The Morgan fingerprint density at radius 2 is 1.16 bits per heavy atom. The van der Waals surface area contributed by atoms with Crippen molar-refractivity contribution in [1.82, 2.24) is 0 Å². The van der Waals surface area contributed by atoms with Crippen LogP contribution in [0.1, 0.15) is 27.8 Å². The summed E-state index contributed by atoms with van der Waals surface area (Å²) < 4.78 is 0. The maximum absolute atomic E-state index is 10.3. The van der Waals surface area contributed by atoms with Crippen molar-refractivity contribution in [3.63, 3.8) is 0 Å². The molecule has 0 saturated heterocycles. The molecule has 0 radical (unpaired) electrons. The number of fused-ring (bicyclic) bond motifs is 4. The minimum Gasteiger partial charge on any atom is -0.507 e. The minimum absolute atomic E-state index is 0.434. The first-order chi connectivity index (χ1) is 9.15. The molecule has 0 unspecified atom stereocenters. The molecule has 2 aromatic rings. The molecule has 2 heteroatoms. The van der Waals surface area contributed by atoms with Crippen molar-refractivity contribution >= 4 is 0 Å². The fraction of sp³-hybridized carbons (Fsp3) is 0.294. The predicted octanol–water partition coefficient (Wildman–Crippen LogP) is 3.29. The third-order valence-corrected chi connectivity index (χ3v) is 3.94. The van der Waals surface area contributed by atoms with Gasteiger partial charge in [0, 0.05) is 0 Å². The minimum atomic E-state index is 0.434. The molecular weight excluding hydrogens is 236 g/mol. The van der Waals surface area contributed by atoms with Gasteiger partial charge in [-0.05, 0) is 54.9 Å². The SMILES string of the molecule is Cc1cc2c(O)c(c1)CCc1cccc(c1O)CC2. The predicted molar refractivity (Wildman–Crippen MR) is 75.8 cm³/mol. The lowest BCUT2D eigenvalue weighted by Crippen LogP contribution is -2.02. The van der Waals surface area contributed by atoms with Gasteiger partial charge in [0.2, 0.25) is 0 Å². The highest BCUT2D eigenvalue weighted by Gasteiger charge is 2.14. The first kappa shape index (κ1) is 12.1. The van der Waals surface area contributed by atoms with Gasteiger partial charge in [-0.15, -0.1) is 0 Å². The molecule has 0 aliphatic heterocycles. The Morgan fingerprint density at radius 1 is 0.737 bits per heavy atom. The van der Waals surface area contributed by atoms with Crippen molar-refractivity contribution in [1.29, 1.82) is 0 Å². The van der Waals surface area contributed by atoms with E-state index in [4.69, 9.17) is 0 Å². The van der Waals surface area contributed by atoms with E-state index in [1.165, 1.54) is 5.56 Å². The van der Waals surface area contributed by atoms with Crippen molar-refractivity contribution in [2.24, 2.45) is 0 Å². The van der Waals surface area contributed by atoms with Crippen molar-refractivity contribution < 1.29 is 10.2 Å². The molecule has 98 valence electrons. The average molecular weight is 254 g/mol. The Hall–Kier alpha value is -1.96. The molecule has 1 aliphatic rings. The summed E-state index contributed by atoms with van der Waals surface area (Å²) in [5.41, 5.74) is 5.11. The third kappa shape index (κ3) is 2.19. The van der Waals surface area contributed by atoms with Crippen LogP contribution in [0.3, 0.4) is 0 Å². The van der Waals surface area contributed by atoms with Crippen molar-refractivity contribution in [2.45, 2.75) is 32.6 Å². The van der Waals surface area contributed by atoms with Crippen LogP contribution in [0, 0.1) is 6.92 Å². The fourth-order valence-corrected chi connectivity index (χ4v) is 2.90. The molecule has 3 rings (SSSR count). The van der Waals surface area contributed by atoms with E-state index in [1.807, 2.05) is 30.3 Å². The number of hydrogen-bond acceptors (Lipinski definition) is 2. The summed E-state index contributed by atoms with van der Waals surface area (Å²) in [6, 6.07) is 10.0. The van der Waals surface area contributed by atoms with E-state index < -0.39 is 0 Å². The van der Waals surface area contributed by atoms with Crippen molar-refractivity contribution in [2.75, 3.05) is 0 Å². The zero-order chi connectivity index (χ0) is 13.4. The zero-order valence-electron chi connectivity index (χ0n) is 11.1. The highest BCUT2D eigenvalue weighted by atomic mass is 16.3. The molecule has 2 nitrogen and oxygen atoms in total. The fourth-order valence-electron chi connectivity index (χ4n) is 2.90. The molecule has 0 atom stereocenters.